The van der Waals surface area contributed by atoms with E-state index in [1.807, 2.05) is 0 Å². The third-order valence-corrected chi connectivity index (χ3v) is 7.01. The predicted molar refractivity (Wildman–Crippen MR) is 142 cm³/mol. The molecule has 0 aromatic heterocycles. The molecule has 2 fully saturated rings. The molecule has 0 unspecified atom stereocenters. The van der Waals surface area contributed by atoms with Gasteiger partial charge in [0.25, 0.3) is 0 Å². The Bertz CT molecular complexity index is 791. The molecule has 2 aliphatic rings. The molecule has 1 aromatic carbocycles. The first kappa shape index (κ1) is 33.0. The Hall–Kier alpha value is -2.98. The van der Waals surface area contributed by atoms with Gasteiger partial charge in [0.1, 0.15) is 0 Å². The summed E-state index contributed by atoms with van der Waals surface area (Å²) < 4.78 is 18.3. The van der Waals surface area contributed by atoms with Crippen LogP contribution in [0, 0.1) is 23.7 Å². The molecule has 218 valence electrons. The summed E-state index contributed by atoms with van der Waals surface area (Å²) in [6.45, 7) is 0.663. The summed E-state index contributed by atoms with van der Waals surface area (Å²) >= 11 is 0. The van der Waals surface area contributed by atoms with Gasteiger partial charge in [0.05, 0.1) is 51.4 Å². The van der Waals surface area contributed by atoms with Crippen molar-refractivity contribution in [3.8, 4) is 0 Å². The minimum absolute atomic E-state index is 0. The highest BCUT2D eigenvalue weighted by atomic mass is 16.5. The van der Waals surface area contributed by atoms with Crippen LogP contribution < -0.4 is 0 Å². The molecule has 2 aliphatic carbocycles. The number of benzene rings is 1. The van der Waals surface area contributed by atoms with Gasteiger partial charge in [-0.2, -0.15) is 0 Å². The van der Waals surface area contributed by atoms with Crippen LogP contribution in [0.3, 0.4) is 0 Å². The molecule has 0 bridgehead atoms. The fourth-order valence-electron chi connectivity index (χ4n) is 4.47. The Balaban J connectivity index is 0. The molecule has 0 atom stereocenters. The van der Waals surface area contributed by atoms with E-state index in [2.05, 4.69) is 18.9 Å². The highest BCUT2D eigenvalue weighted by Crippen LogP contribution is 2.30. The minimum Gasteiger partial charge on any atom is -0.469 e. The second-order valence-corrected chi connectivity index (χ2v) is 9.41. The molecule has 0 heterocycles. The number of hydrogen-bond acceptors (Lipinski definition) is 10. The number of ether oxygens (including phenoxy) is 4. The van der Waals surface area contributed by atoms with Crippen molar-refractivity contribution in [3.05, 3.63) is 35.4 Å². The summed E-state index contributed by atoms with van der Waals surface area (Å²) in [5.74, 6) is -0.197. The molecule has 10 nitrogen and oxygen atoms in total. The maximum atomic E-state index is 11.2. The van der Waals surface area contributed by atoms with Gasteiger partial charge < -0.3 is 29.2 Å². The fourth-order valence-corrected chi connectivity index (χ4v) is 4.47. The maximum Gasteiger partial charge on any atom is 0.337 e. The molecule has 0 amide bonds. The lowest BCUT2D eigenvalue weighted by Gasteiger charge is -2.25. The number of aliphatic hydroxyl groups excluding tert-OH is 2. The van der Waals surface area contributed by atoms with Crippen LogP contribution in [0.5, 0.6) is 0 Å². The zero-order chi connectivity index (χ0) is 28.5. The van der Waals surface area contributed by atoms with E-state index in [4.69, 9.17) is 10.2 Å². The number of esters is 4. The normalized spacial score (nSPS) is 22.3. The smallest absolute Gasteiger partial charge is 0.337 e. The molecular formula is C28H46O10. The number of hydrogen-bond donors (Lipinski definition) is 2. The van der Waals surface area contributed by atoms with Gasteiger partial charge in [0.15, 0.2) is 0 Å². The standard InChI is InChI=1S/C10H16O4.C10H10O4.C8H16O2.2H2/c2*1-13-9(11)7-3-5-8(6-4-7)10(12)14-2;9-5-7-1-2-8(6-10)4-3-7;;/h7-8H,3-6H2,1-2H3;3-6H,1-2H3;7-10H,1-6H2;2*1H. The molecule has 10 heteroatoms. The first-order valence-electron chi connectivity index (χ1n) is 12.9. The van der Waals surface area contributed by atoms with E-state index in [1.165, 1.54) is 52.7 Å². The number of rotatable bonds is 6. The topological polar surface area (TPSA) is 146 Å². The highest BCUT2D eigenvalue weighted by molar-refractivity contribution is 5.93. The maximum absolute atomic E-state index is 11.2. The van der Waals surface area contributed by atoms with Gasteiger partial charge in [-0.1, -0.05) is 0 Å². The molecule has 0 saturated heterocycles. The Morgan fingerprint density at radius 1 is 0.605 bits per heavy atom. The van der Waals surface area contributed by atoms with E-state index in [0.29, 0.717) is 36.2 Å². The first-order chi connectivity index (χ1) is 18.2. The van der Waals surface area contributed by atoms with Crippen molar-refractivity contribution in [2.45, 2.75) is 51.4 Å². The van der Waals surface area contributed by atoms with E-state index < -0.39 is 11.9 Å². The minimum atomic E-state index is -0.429. The Morgan fingerprint density at radius 2 is 0.895 bits per heavy atom. The molecule has 0 spiro atoms. The van der Waals surface area contributed by atoms with Crippen molar-refractivity contribution in [3.63, 3.8) is 0 Å². The molecule has 2 N–H and O–H groups in total. The van der Waals surface area contributed by atoms with Gasteiger partial charge in [-0.25, -0.2) is 9.59 Å². The monoisotopic (exact) mass is 542 g/mol. The van der Waals surface area contributed by atoms with Crippen molar-refractivity contribution < 1.29 is 51.2 Å². The summed E-state index contributed by atoms with van der Waals surface area (Å²) in [6, 6.07) is 6.05. The summed E-state index contributed by atoms with van der Waals surface area (Å²) in [7, 11) is 5.40. The van der Waals surface area contributed by atoms with Crippen LogP contribution in [-0.4, -0.2) is 75.7 Å². The lowest BCUT2D eigenvalue weighted by molar-refractivity contribution is -0.151. The number of methoxy groups -OCH3 is 4. The van der Waals surface area contributed by atoms with Crippen LogP contribution in [-0.2, 0) is 28.5 Å². The molecule has 3 rings (SSSR count). The number of aliphatic hydroxyl groups is 2. The van der Waals surface area contributed by atoms with Crippen LogP contribution >= 0.6 is 0 Å². The van der Waals surface area contributed by atoms with Crippen LogP contribution in [0.25, 0.3) is 0 Å². The van der Waals surface area contributed by atoms with Gasteiger partial charge in [-0.3, -0.25) is 9.59 Å². The van der Waals surface area contributed by atoms with Crippen molar-refractivity contribution in [1.82, 2.24) is 0 Å². The molecule has 38 heavy (non-hydrogen) atoms. The second kappa shape index (κ2) is 18.3. The first-order valence-corrected chi connectivity index (χ1v) is 12.9. The molecule has 2 saturated carbocycles. The van der Waals surface area contributed by atoms with Crippen molar-refractivity contribution in [2.24, 2.45) is 23.7 Å². The third kappa shape index (κ3) is 11.2. The largest absolute Gasteiger partial charge is 0.469 e. The van der Waals surface area contributed by atoms with E-state index in [1.54, 1.807) is 0 Å². The highest BCUT2D eigenvalue weighted by Gasteiger charge is 2.30. The lowest BCUT2D eigenvalue weighted by Crippen LogP contribution is -2.27. The SMILES string of the molecule is COC(=O)C1CCC(C(=O)OC)CC1.COC(=O)c1ccc(C(=O)OC)cc1.OCC1CCC(CO)CC1.[HH].[HH]. The van der Waals surface area contributed by atoms with Crippen molar-refractivity contribution in [2.75, 3.05) is 41.7 Å². The quantitative estimate of drug-likeness (QED) is 0.403. The fraction of sp³-hybridized carbons (Fsp3) is 0.643. The summed E-state index contributed by atoms with van der Waals surface area (Å²) in [5.41, 5.74) is 0.806. The Labute approximate surface area is 227 Å². The van der Waals surface area contributed by atoms with E-state index >= 15 is 0 Å². The van der Waals surface area contributed by atoms with E-state index in [9.17, 15) is 19.2 Å². The van der Waals surface area contributed by atoms with E-state index in [0.717, 1.165) is 51.4 Å². The molecule has 1 aromatic rings. The van der Waals surface area contributed by atoms with Gasteiger partial charge >= 0.3 is 23.9 Å². The van der Waals surface area contributed by atoms with Crippen LogP contribution in [0.2, 0.25) is 0 Å². The third-order valence-electron chi connectivity index (χ3n) is 7.01. The van der Waals surface area contributed by atoms with Gasteiger partial charge in [-0.15, -0.1) is 0 Å². The average Bonchev–Trinajstić information content (AvgIpc) is 3.00. The van der Waals surface area contributed by atoms with Crippen molar-refractivity contribution >= 4 is 23.9 Å². The Kier molecular flexibility index (Phi) is 15.9. The zero-order valence-corrected chi connectivity index (χ0v) is 22.9. The van der Waals surface area contributed by atoms with Gasteiger partial charge in [0, 0.05) is 16.1 Å². The van der Waals surface area contributed by atoms with Crippen LogP contribution in [0.1, 0.15) is 74.9 Å². The number of carbonyl (C=O) groups excluding carboxylic acids is 4. The van der Waals surface area contributed by atoms with Crippen LogP contribution in [0.4, 0.5) is 0 Å². The molecule has 0 radical (unpaired) electrons. The summed E-state index contributed by atoms with van der Waals surface area (Å²) in [6.07, 6.45) is 7.31. The molecular weight excluding hydrogens is 496 g/mol. The summed E-state index contributed by atoms with van der Waals surface area (Å²) in [4.78, 5) is 44.4. The van der Waals surface area contributed by atoms with Crippen LogP contribution in [0.15, 0.2) is 24.3 Å². The van der Waals surface area contributed by atoms with Gasteiger partial charge in [0.2, 0.25) is 0 Å². The lowest BCUT2D eigenvalue weighted by atomic mass is 9.82. The van der Waals surface area contributed by atoms with E-state index in [-0.39, 0.29) is 26.6 Å². The van der Waals surface area contributed by atoms with Crippen molar-refractivity contribution in [1.29, 1.82) is 0 Å². The zero-order valence-electron chi connectivity index (χ0n) is 22.9. The number of carbonyl (C=O) groups is 4. The predicted octanol–water partition coefficient (Wildman–Crippen LogP) is 3.67. The molecule has 0 aliphatic heterocycles. The van der Waals surface area contributed by atoms with Gasteiger partial charge in [-0.05, 0) is 87.5 Å². The Morgan fingerprint density at radius 3 is 1.11 bits per heavy atom. The second-order valence-electron chi connectivity index (χ2n) is 9.41. The average molecular weight is 543 g/mol. The summed E-state index contributed by atoms with van der Waals surface area (Å²) in [5, 5.41) is 17.6.